The smallest absolute Gasteiger partial charge is 0.493 e. The molecule has 0 bridgehead atoms. The molecule has 8 nitrogen and oxygen atoms in total. The van der Waals surface area contributed by atoms with Gasteiger partial charge >= 0.3 is 6.36 Å². The zero-order valence-corrected chi connectivity index (χ0v) is 19.2. The Balaban J connectivity index is 1.54. The summed E-state index contributed by atoms with van der Waals surface area (Å²) in [5, 5.41) is 0.225. The van der Waals surface area contributed by atoms with Crippen molar-refractivity contribution in [3.05, 3.63) is 69.9 Å². The van der Waals surface area contributed by atoms with Crippen molar-refractivity contribution >= 4 is 44.9 Å². The maximum Gasteiger partial charge on any atom is 0.573 e. The molecule has 35 heavy (non-hydrogen) atoms. The van der Waals surface area contributed by atoms with Gasteiger partial charge < -0.3 is 18.6 Å². The molecule has 0 N–H and O–H groups in total. The van der Waals surface area contributed by atoms with Gasteiger partial charge in [-0.3, -0.25) is 4.79 Å². The maximum atomic E-state index is 13.1. The van der Waals surface area contributed by atoms with Crippen LogP contribution in [0, 0.1) is 4.84 Å². The van der Waals surface area contributed by atoms with Crippen molar-refractivity contribution in [1.29, 1.82) is 0 Å². The average Bonchev–Trinajstić information content (AvgIpc) is 3.22. The summed E-state index contributed by atoms with van der Waals surface area (Å²) in [5.41, 5.74) is 0.112. The van der Waals surface area contributed by atoms with E-state index in [2.05, 4.69) is 14.7 Å². The van der Waals surface area contributed by atoms with Crippen LogP contribution in [0.2, 0.25) is 0 Å². The Labute approximate surface area is 202 Å². The number of fused-ring (bicyclic) bond motifs is 2. The lowest BCUT2D eigenvalue weighted by Crippen LogP contribution is -2.20. The summed E-state index contributed by atoms with van der Waals surface area (Å²) >= 11 is 6.39. The molecule has 0 aliphatic rings. The van der Waals surface area contributed by atoms with Crippen molar-refractivity contribution in [3.63, 3.8) is 0 Å². The third kappa shape index (κ3) is 4.42. The van der Waals surface area contributed by atoms with Crippen LogP contribution in [-0.2, 0) is 0 Å². The topological polar surface area (TPSA) is 88.6 Å². The molecule has 178 valence electrons. The van der Waals surface area contributed by atoms with Gasteiger partial charge in [0.25, 0.3) is 10.4 Å². The number of aromatic nitrogens is 3. The van der Waals surface area contributed by atoms with E-state index in [-0.39, 0.29) is 32.6 Å². The molecule has 3 heterocycles. The molecule has 0 aliphatic carbocycles. The van der Waals surface area contributed by atoms with Crippen molar-refractivity contribution in [3.8, 4) is 28.1 Å². The van der Waals surface area contributed by atoms with Crippen molar-refractivity contribution in [2.24, 2.45) is 0 Å². The quantitative estimate of drug-likeness (QED) is 0.261. The lowest BCUT2D eigenvalue weighted by atomic mass is 10.3. The minimum atomic E-state index is -4.87. The van der Waals surface area contributed by atoms with E-state index in [0.717, 1.165) is 22.0 Å². The molecule has 5 rings (SSSR count). The first-order chi connectivity index (χ1) is 16.7. The number of methoxy groups -OCH3 is 1. The van der Waals surface area contributed by atoms with Crippen molar-refractivity contribution in [1.82, 2.24) is 14.5 Å². The van der Waals surface area contributed by atoms with Crippen LogP contribution >= 0.6 is 23.6 Å². The Bertz CT molecular complexity index is 1690. The molecule has 0 radical (unpaired) electrons. The van der Waals surface area contributed by atoms with Gasteiger partial charge in [-0.05, 0) is 36.5 Å². The first-order valence-corrected chi connectivity index (χ1v) is 11.0. The van der Waals surface area contributed by atoms with E-state index in [0.29, 0.717) is 16.0 Å². The number of halogens is 3. The van der Waals surface area contributed by atoms with E-state index in [1.54, 1.807) is 18.2 Å². The van der Waals surface area contributed by atoms with Gasteiger partial charge in [0.05, 0.1) is 17.3 Å². The molecule has 13 heteroatoms. The van der Waals surface area contributed by atoms with E-state index < -0.39 is 17.7 Å². The number of para-hydroxylation sites is 2. The van der Waals surface area contributed by atoms with Gasteiger partial charge in [-0.2, -0.15) is 0 Å². The first-order valence-electron chi connectivity index (χ1n) is 9.76. The highest BCUT2D eigenvalue weighted by Crippen LogP contribution is 2.37. The predicted octanol–water partition coefficient (Wildman–Crippen LogP) is 6.02. The summed E-state index contributed by atoms with van der Waals surface area (Å²) in [6, 6.07) is 11.7. The molecule has 0 amide bonds. The average molecular weight is 519 g/mol. The minimum absolute atomic E-state index is 0.0162. The van der Waals surface area contributed by atoms with Gasteiger partial charge in [0, 0.05) is 18.3 Å². The first kappa shape index (κ1) is 22.8. The summed E-state index contributed by atoms with van der Waals surface area (Å²) in [5.74, 6) is -0.0443. The summed E-state index contributed by atoms with van der Waals surface area (Å²) in [6.45, 7) is 0. The molecule has 5 aromatic rings. The summed E-state index contributed by atoms with van der Waals surface area (Å²) in [6.07, 6.45) is -3.46. The van der Waals surface area contributed by atoms with Gasteiger partial charge in [-0.1, -0.05) is 23.5 Å². The molecule has 0 atom stereocenters. The van der Waals surface area contributed by atoms with Crippen LogP contribution in [0.25, 0.3) is 26.4 Å². The van der Waals surface area contributed by atoms with Crippen molar-refractivity contribution in [2.75, 3.05) is 7.11 Å². The normalized spacial score (nSPS) is 11.7. The van der Waals surface area contributed by atoms with Crippen LogP contribution in [0.4, 0.5) is 13.2 Å². The number of thiazole rings is 1. The highest BCUT2D eigenvalue weighted by Gasteiger charge is 2.32. The van der Waals surface area contributed by atoms with Gasteiger partial charge in [0.2, 0.25) is 10.7 Å². The van der Waals surface area contributed by atoms with E-state index in [1.807, 2.05) is 0 Å². The minimum Gasteiger partial charge on any atom is -0.493 e. The van der Waals surface area contributed by atoms with Gasteiger partial charge in [-0.15, -0.1) is 13.2 Å². The SMILES string of the molecule is COc1ccnc2c(=O)n(-c3nc4ccc(Oc5ccccc5OC(F)(F)F)cc4s3)c(=S)oc12. The molecule has 0 spiro atoms. The number of hydrogen-bond donors (Lipinski definition) is 0. The van der Waals surface area contributed by atoms with Crippen LogP contribution in [0.5, 0.6) is 23.0 Å². The Hall–Kier alpha value is -3.97. The monoisotopic (exact) mass is 519 g/mol. The molecule has 0 fully saturated rings. The zero-order chi connectivity index (χ0) is 24.7. The zero-order valence-electron chi connectivity index (χ0n) is 17.5. The van der Waals surface area contributed by atoms with Crippen LogP contribution in [0.1, 0.15) is 0 Å². The highest BCUT2D eigenvalue weighted by atomic mass is 32.1. The molecule has 0 aliphatic heterocycles. The fourth-order valence-electron chi connectivity index (χ4n) is 3.25. The predicted molar refractivity (Wildman–Crippen MR) is 123 cm³/mol. The van der Waals surface area contributed by atoms with E-state index in [4.69, 9.17) is 26.1 Å². The molecular formula is C22H12F3N3O5S2. The van der Waals surface area contributed by atoms with E-state index >= 15 is 0 Å². The second kappa shape index (κ2) is 8.67. The third-order valence-electron chi connectivity index (χ3n) is 4.71. The number of nitrogens with zero attached hydrogens (tertiary/aromatic N) is 3. The second-order valence-corrected chi connectivity index (χ2v) is 8.28. The Morgan fingerprint density at radius 2 is 1.86 bits per heavy atom. The molecule has 0 saturated carbocycles. The number of alkyl halides is 3. The van der Waals surface area contributed by atoms with Gasteiger partial charge in [0.1, 0.15) is 5.75 Å². The van der Waals surface area contributed by atoms with Crippen molar-refractivity contribution < 1.29 is 31.8 Å². The lowest BCUT2D eigenvalue weighted by Gasteiger charge is -2.13. The molecule has 0 saturated heterocycles. The Morgan fingerprint density at radius 3 is 2.60 bits per heavy atom. The van der Waals surface area contributed by atoms with Crippen molar-refractivity contribution in [2.45, 2.75) is 6.36 Å². The van der Waals surface area contributed by atoms with Crippen LogP contribution in [0.3, 0.4) is 0 Å². The van der Waals surface area contributed by atoms with Crippen LogP contribution in [-0.4, -0.2) is 28.0 Å². The standard InChI is InChI=1S/C22H12F3N3O5S2/c1-30-15-8-9-26-17-18(15)32-21(34)28(19(17)29)20-27-12-7-6-11(10-16(12)35-20)31-13-4-2-3-5-14(13)33-22(23,24)25/h2-10H,1H3. The fraction of sp³-hybridized carbons (Fsp3) is 0.0909. The summed E-state index contributed by atoms with van der Waals surface area (Å²) in [4.78, 5) is 21.5. The summed E-state index contributed by atoms with van der Waals surface area (Å²) < 4.78 is 60.3. The third-order valence-corrected chi connectivity index (χ3v) is 5.98. The highest BCUT2D eigenvalue weighted by molar-refractivity contribution is 7.71. The number of ether oxygens (including phenoxy) is 3. The maximum absolute atomic E-state index is 13.1. The van der Waals surface area contributed by atoms with Gasteiger partial charge in [-0.25, -0.2) is 14.5 Å². The Kier molecular flexibility index (Phi) is 5.65. The Morgan fingerprint density at radius 1 is 1.09 bits per heavy atom. The second-order valence-electron chi connectivity index (χ2n) is 6.92. The van der Waals surface area contributed by atoms with E-state index in [1.165, 1.54) is 37.6 Å². The number of benzene rings is 2. The van der Waals surface area contributed by atoms with Crippen LogP contribution in [0.15, 0.2) is 63.9 Å². The molecule has 0 unspecified atom stereocenters. The molecule has 3 aromatic heterocycles. The molecular weight excluding hydrogens is 507 g/mol. The number of pyridine rings is 1. The van der Waals surface area contributed by atoms with E-state index in [9.17, 15) is 18.0 Å². The van der Waals surface area contributed by atoms with Crippen LogP contribution < -0.4 is 19.8 Å². The number of hydrogen-bond acceptors (Lipinski definition) is 9. The van der Waals surface area contributed by atoms with Gasteiger partial charge in [0.15, 0.2) is 22.8 Å². The number of rotatable bonds is 5. The fourth-order valence-corrected chi connectivity index (χ4v) is 4.55. The summed E-state index contributed by atoms with van der Waals surface area (Å²) in [7, 11) is 1.43. The lowest BCUT2D eigenvalue weighted by molar-refractivity contribution is -0.275. The molecule has 2 aromatic carbocycles. The largest absolute Gasteiger partial charge is 0.573 e.